The molecule has 2 fully saturated rings. The summed E-state index contributed by atoms with van der Waals surface area (Å²) in [6.07, 6.45) is 4.30. The predicted molar refractivity (Wildman–Crippen MR) is 84.9 cm³/mol. The van der Waals surface area contributed by atoms with Crippen molar-refractivity contribution in [2.24, 2.45) is 17.6 Å². The fourth-order valence-electron chi connectivity index (χ4n) is 4.23. The second kappa shape index (κ2) is 4.78. The standard InChI is InChI=1S/C18H22N2/c19-10-13-8-9-18(17-7-2-1-6-16(13)17)20-11-14-4-3-5-15(14)12-20/h1-2,6-9,14-15H,3-5,10-12,19H2. The third-order valence-corrected chi connectivity index (χ3v) is 5.28. The highest BCUT2D eigenvalue weighted by molar-refractivity contribution is 5.96. The first kappa shape index (κ1) is 12.2. The van der Waals surface area contributed by atoms with Crippen molar-refractivity contribution in [2.45, 2.75) is 25.8 Å². The Labute approximate surface area is 120 Å². The van der Waals surface area contributed by atoms with Crippen molar-refractivity contribution < 1.29 is 0 Å². The number of nitrogens with two attached hydrogens (primary N) is 1. The fourth-order valence-corrected chi connectivity index (χ4v) is 4.23. The summed E-state index contributed by atoms with van der Waals surface area (Å²) in [4.78, 5) is 2.61. The molecule has 2 unspecified atom stereocenters. The Balaban J connectivity index is 1.77. The molecule has 2 N–H and O–H groups in total. The molecule has 0 aromatic heterocycles. The van der Waals surface area contributed by atoms with Crippen LogP contribution in [0.15, 0.2) is 36.4 Å². The van der Waals surface area contributed by atoms with Crippen LogP contribution in [0.3, 0.4) is 0 Å². The molecule has 2 aromatic rings. The zero-order valence-electron chi connectivity index (χ0n) is 11.9. The van der Waals surface area contributed by atoms with E-state index in [1.54, 1.807) is 0 Å². The van der Waals surface area contributed by atoms with Crippen LogP contribution in [-0.2, 0) is 6.54 Å². The van der Waals surface area contributed by atoms with Gasteiger partial charge in [-0.1, -0.05) is 36.8 Å². The highest BCUT2D eigenvalue weighted by atomic mass is 15.2. The first-order valence-electron chi connectivity index (χ1n) is 7.82. The maximum Gasteiger partial charge on any atom is 0.0446 e. The molecular weight excluding hydrogens is 244 g/mol. The summed E-state index contributed by atoms with van der Waals surface area (Å²) >= 11 is 0. The van der Waals surface area contributed by atoms with E-state index < -0.39 is 0 Å². The maximum atomic E-state index is 5.88. The molecule has 20 heavy (non-hydrogen) atoms. The van der Waals surface area contributed by atoms with Gasteiger partial charge in [0.05, 0.1) is 0 Å². The smallest absolute Gasteiger partial charge is 0.0446 e. The molecule has 1 saturated carbocycles. The minimum absolute atomic E-state index is 0.617. The second-order valence-electron chi connectivity index (χ2n) is 6.35. The van der Waals surface area contributed by atoms with Crippen molar-refractivity contribution in [3.63, 3.8) is 0 Å². The summed E-state index contributed by atoms with van der Waals surface area (Å²) in [5.74, 6) is 1.87. The van der Waals surface area contributed by atoms with Gasteiger partial charge in [0, 0.05) is 30.7 Å². The quantitative estimate of drug-likeness (QED) is 0.901. The number of rotatable bonds is 2. The maximum absolute atomic E-state index is 5.88. The van der Waals surface area contributed by atoms with E-state index in [0.29, 0.717) is 6.54 Å². The van der Waals surface area contributed by atoms with E-state index in [0.717, 1.165) is 11.8 Å². The van der Waals surface area contributed by atoms with Gasteiger partial charge in [0.2, 0.25) is 0 Å². The van der Waals surface area contributed by atoms with Gasteiger partial charge in [-0.2, -0.15) is 0 Å². The van der Waals surface area contributed by atoms with Gasteiger partial charge in [-0.15, -0.1) is 0 Å². The normalized spacial score (nSPS) is 25.4. The zero-order chi connectivity index (χ0) is 13.5. The van der Waals surface area contributed by atoms with Crippen LogP contribution >= 0.6 is 0 Å². The van der Waals surface area contributed by atoms with Crippen molar-refractivity contribution in [1.82, 2.24) is 0 Å². The Morgan fingerprint density at radius 2 is 1.65 bits per heavy atom. The van der Waals surface area contributed by atoms with E-state index in [2.05, 4.69) is 41.3 Å². The topological polar surface area (TPSA) is 29.3 Å². The van der Waals surface area contributed by atoms with Crippen molar-refractivity contribution in [3.8, 4) is 0 Å². The number of hydrogen-bond acceptors (Lipinski definition) is 2. The molecule has 104 valence electrons. The first-order chi connectivity index (χ1) is 9.86. The molecule has 2 nitrogen and oxygen atoms in total. The highest BCUT2D eigenvalue weighted by Gasteiger charge is 2.36. The van der Waals surface area contributed by atoms with E-state index in [1.807, 2.05) is 0 Å². The Hall–Kier alpha value is -1.54. The molecule has 1 aliphatic heterocycles. The molecule has 0 spiro atoms. The minimum atomic E-state index is 0.617. The minimum Gasteiger partial charge on any atom is -0.370 e. The summed E-state index contributed by atoms with van der Waals surface area (Å²) < 4.78 is 0. The van der Waals surface area contributed by atoms with Crippen LogP contribution in [0.2, 0.25) is 0 Å². The zero-order valence-corrected chi connectivity index (χ0v) is 11.9. The number of benzene rings is 2. The van der Waals surface area contributed by atoms with Crippen molar-refractivity contribution in [1.29, 1.82) is 0 Å². The Bertz CT molecular complexity index is 622. The third kappa shape index (κ3) is 1.82. The van der Waals surface area contributed by atoms with Gasteiger partial charge < -0.3 is 10.6 Å². The number of hydrogen-bond donors (Lipinski definition) is 1. The molecule has 1 saturated heterocycles. The van der Waals surface area contributed by atoms with Crippen LogP contribution in [0.4, 0.5) is 5.69 Å². The molecule has 2 aromatic carbocycles. The summed E-state index contributed by atoms with van der Waals surface area (Å²) in [7, 11) is 0. The molecule has 1 aliphatic carbocycles. The Kier molecular flexibility index (Phi) is 2.92. The SMILES string of the molecule is NCc1ccc(N2CC3CCCC3C2)c2ccccc12. The van der Waals surface area contributed by atoms with Crippen molar-refractivity contribution in [2.75, 3.05) is 18.0 Å². The largest absolute Gasteiger partial charge is 0.370 e. The molecule has 2 atom stereocenters. The van der Waals surface area contributed by atoms with E-state index in [-0.39, 0.29) is 0 Å². The average Bonchev–Trinajstić information content (AvgIpc) is 3.07. The lowest BCUT2D eigenvalue weighted by atomic mass is 10.0. The average molecular weight is 266 g/mol. The van der Waals surface area contributed by atoms with Crippen LogP contribution in [0.1, 0.15) is 24.8 Å². The highest BCUT2D eigenvalue weighted by Crippen LogP contribution is 2.41. The summed E-state index contributed by atoms with van der Waals surface area (Å²) in [5.41, 5.74) is 8.54. The summed E-state index contributed by atoms with van der Waals surface area (Å²) in [5, 5.41) is 2.69. The van der Waals surface area contributed by atoms with Crippen molar-refractivity contribution >= 4 is 16.5 Å². The van der Waals surface area contributed by atoms with Crippen molar-refractivity contribution in [3.05, 3.63) is 42.0 Å². The lowest BCUT2D eigenvalue weighted by Crippen LogP contribution is -2.21. The van der Waals surface area contributed by atoms with Crippen LogP contribution < -0.4 is 10.6 Å². The molecule has 0 radical (unpaired) electrons. The fraction of sp³-hybridized carbons (Fsp3) is 0.444. The molecule has 2 aliphatic rings. The molecular formula is C18H22N2. The molecule has 4 rings (SSSR count). The number of anilines is 1. The van der Waals surface area contributed by atoms with E-state index in [1.165, 1.54) is 54.4 Å². The number of fused-ring (bicyclic) bond motifs is 2. The van der Waals surface area contributed by atoms with Gasteiger partial charge in [-0.05, 0) is 41.7 Å². The lowest BCUT2D eigenvalue weighted by Gasteiger charge is -2.22. The van der Waals surface area contributed by atoms with Gasteiger partial charge in [0.1, 0.15) is 0 Å². The van der Waals surface area contributed by atoms with Gasteiger partial charge in [0.25, 0.3) is 0 Å². The first-order valence-corrected chi connectivity index (χ1v) is 7.82. The van der Waals surface area contributed by atoms with Crippen LogP contribution in [0.5, 0.6) is 0 Å². The number of nitrogens with zero attached hydrogens (tertiary/aromatic N) is 1. The van der Waals surface area contributed by atoms with Crippen LogP contribution in [0.25, 0.3) is 10.8 Å². The van der Waals surface area contributed by atoms with Crippen LogP contribution in [-0.4, -0.2) is 13.1 Å². The summed E-state index contributed by atoms with van der Waals surface area (Å²) in [6.45, 7) is 3.11. The van der Waals surface area contributed by atoms with E-state index in [9.17, 15) is 0 Å². The molecule has 0 amide bonds. The Morgan fingerprint density at radius 3 is 2.35 bits per heavy atom. The second-order valence-corrected chi connectivity index (χ2v) is 6.35. The lowest BCUT2D eigenvalue weighted by molar-refractivity contribution is 0.494. The molecule has 0 bridgehead atoms. The molecule has 1 heterocycles. The van der Waals surface area contributed by atoms with Gasteiger partial charge in [-0.25, -0.2) is 0 Å². The predicted octanol–water partition coefficient (Wildman–Crippen LogP) is 3.53. The van der Waals surface area contributed by atoms with Gasteiger partial charge in [-0.3, -0.25) is 0 Å². The van der Waals surface area contributed by atoms with E-state index in [4.69, 9.17) is 5.73 Å². The molecule has 2 heteroatoms. The summed E-state index contributed by atoms with van der Waals surface area (Å²) in [6, 6.07) is 13.2. The van der Waals surface area contributed by atoms with Gasteiger partial charge >= 0.3 is 0 Å². The monoisotopic (exact) mass is 266 g/mol. The Morgan fingerprint density at radius 1 is 0.950 bits per heavy atom. The van der Waals surface area contributed by atoms with E-state index >= 15 is 0 Å². The third-order valence-electron chi connectivity index (χ3n) is 5.28. The van der Waals surface area contributed by atoms with Crippen LogP contribution in [0, 0.1) is 11.8 Å². The van der Waals surface area contributed by atoms with Gasteiger partial charge in [0.15, 0.2) is 0 Å².